The van der Waals surface area contributed by atoms with E-state index in [1.54, 1.807) is 12.3 Å². The van der Waals surface area contributed by atoms with Crippen LogP contribution < -0.4 is 0 Å². The van der Waals surface area contributed by atoms with Crippen LogP contribution in [0.25, 0.3) is 0 Å². The van der Waals surface area contributed by atoms with Gasteiger partial charge in [-0.3, -0.25) is 4.79 Å². The maximum absolute atomic E-state index is 12.7. The Labute approximate surface area is 147 Å². The molecular formula is C17H24N4O2S. The number of carbonyl (C=O) groups is 2. The van der Waals surface area contributed by atoms with E-state index in [2.05, 4.69) is 4.98 Å². The molecule has 0 spiro atoms. The Kier molecular flexibility index (Phi) is 5.60. The highest BCUT2D eigenvalue weighted by atomic mass is 32.2. The molecule has 24 heavy (non-hydrogen) atoms. The molecule has 0 bridgehead atoms. The summed E-state index contributed by atoms with van der Waals surface area (Å²) < 4.78 is 0. The lowest BCUT2D eigenvalue weighted by Crippen LogP contribution is -2.54. The molecule has 1 aromatic rings. The molecule has 2 aliphatic rings. The number of piperidine rings is 1. The Morgan fingerprint density at radius 2 is 1.58 bits per heavy atom. The Morgan fingerprint density at radius 1 is 0.958 bits per heavy atom. The molecule has 1 aromatic heterocycles. The molecule has 7 heteroatoms. The molecular weight excluding hydrogens is 324 g/mol. The van der Waals surface area contributed by atoms with E-state index >= 15 is 0 Å². The van der Waals surface area contributed by atoms with Gasteiger partial charge in [-0.25, -0.2) is 9.78 Å². The van der Waals surface area contributed by atoms with Gasteiger partial charge in [-0.05, 0) is 37.7 Å². The third kappa shape index (κ3) is 3.66. The van der Waals surface area contributed by atoms with Crippen molar-refractivity contribution in [3.63, 3.8) is 0 Å². The lowest BCUT2D eigenvalue weighted by molar-refractivity contribution is 0.0629. The third-order valence-electron chi connectivity index (χ3n) is 4.66. The first-order chi connectivity index (χ1) is 11.7. The fraction of sp³-hybridized carbons (Fsp3) is 0.588. The highest BCUT2D eigenvalue weighted by Crippen LogP contribution is 2.20. The maximum atomic E-state index is 12.7. The van der Waals surface area contributed by atoms with Crippen LogP contribution in [0.5, 0.6) is 0 Å². The van der Waals surface area contributed by atoms with Crippen LogP contribution in [0.1, 0.15) is 29.6 Å². The van der Waals surface area contributed by atoms with Crippen molar-refractivity contribution in [3.8, 4) is 0 Å². The first-order valence-electron chi connectivity index (χ1n) is 8.53. The van der Waals surface area contributed by atoms with Gasteiger partial charge in [0.05, 0.1) is 5.56 Å². The van der Waals surface area contributed by atoms with Crippen LogP contribution in [0.15, 0.2) is 23.4 Å². The first-order valence-corrected chi connectivity index (χ1v) is 9.75. The van der Waals surface area contributed by atoms with Gasteiger partial charge in [0.15, 0.2) is 0 Å². The molecule has 0 saturated carbocycles. The smallest absolute Gasteiger partial charge is 0.320 e. The number of carbonyl (C=O) groups excluding carboxylic acids is 2. The topological polar surface area (TPSA) is 56.8 Å². The summed E-state index contributed by atoms with van der Waals surface area (Å²) in [5.74, 6) is 0.0116. The van der Waals surface area contributed by atoms with Gasteiger partial charge in [-0.2, -0.15) is 0 Å². The molecule has 2 aliphatic heterocycles. The van der Waals surface area contributed by atoms with Crippen molar-refractivity contribution in [2.24, 2.45) is 0 Å². The molecule has 0 unspecified atom stereocenters. The fourth-order valence-corrected chi connectivity index (χ4v) is 3.81. The van der Waals surface area contributed by atoms with Crippen LogP contribution in [0.3, 0.4) is 0 Å². The highest BCUT2D eigenvalue weighted by molar-refractivity contribution is 7.98. The Morgan fingerprint density at radius 3 is 2.25 bits per heavy atom. The van der Waals surface area contributed by atoms with E-state index in [0.717, 1.165) is 31.0 Å². The van der Waals surface area contributed by atoms with E-state index in [0.29, 0.717) is 31.7 Å². The summed E-state index contributed by atoms with van der Waals surface area (Å²) in [6, 6.07) is 3.75. The summed E-state index contributed by atoms with van der Waals surface area (Å²) in [6.07, 6.45) is 7.05. The van der Waals surface area contributed by atoms with Gasteiger partial charge in [0.1, 0.15) is 5.03 Å². The zero-order valence-electron chi connectivity index (χ0n) is 14.1. The standard InChI is InChI=1S/C17H24N4O2S/c1-24-15-14(6-5-7-18-15)16(22)19-10-12-21(13-11-19)17(23)20-8-3-2-4-9-20/h5-7H,2-4,8-13H2,1H3. The van der Waals surface area contributed by atoms with Gasteiger partial charge in [0.25, 0.3) is 5.91 Å². The van der Waals surface area contributed by atoms with Crippen LogP contribution in [0.4, 0.5) is 4.79 Å². The Balaban J connectivity index is 1.58. The molecule has 0 N–H and O–H groups in total. The van der Waals surface area contributed by atoms with Crippen molar-refractivity contribution in [1.82, 2.24) is 19.7 Å². The minimum atomic E-state index is 0.0116. The number of urea groups is 1. The number of hydrogen-bond donors (Lipinski definition) is 0. The van der Waals surface area contributed by atoms with Crippen molar-refractivity contribution in [1.29, 1.82) is 0 Å². The second kappa shape index (κ2) is 7.88. The van der Waals surface area contributed by atoms with Gasteiger partial charge >= 0.3 is 6.03 Å². The first kappa shape index (κ1) is 17.1. The molecule has 0 atom stereocenters. The number of likely N-dealkylation sites (tertiary alicyclic amines) is 1. The lowest BCUT2D eigenvalue weighted by Gasteiger charge is -2.38. The van der Waals surface area contributed by atoms with E-state index in [1.807, 2.05) is 27.0 Å². The van der Waals surface area contributed by atoms with Crippen molar-refractivity contribution in [2.75, 3.05) is 45.5 Å². The summed E-state index contributed by atoms with van der Waals surface area (Å²) in [6.45, 7) is 4.11. The average molecular weight is 348 g/mol. The molecule has 0 aromatic carbocycles. The number of amides is 3. The summed E-state index contributed by atoms with van der Waals surface area (Å²) in [7, 11) is 0. The van der Waals surface area contributed by atoms with Crippen molar-refractivity contribution >= 4 is 23.7 Å². The summed E-state index contributed by atoms with van der Waals surface area (Å²) in [5, 5.41) is 0.759. The molecule has 130 valence electrons. The second-order valence-corrected chi connectivity index (χ2v) is 6.96. The molecule has 3 heterocycles. The predicted octanol–water partition coefficient (Wildman–Crippen LogP) is 2.17. The average Bonchev–Trinajstić information content (AvgIpc) is 2.67. The van der Waals surface area contributed by atoms with Crippen molar-refractivity contribution < 1.29 is 9.59 Å². The molecule has 6 nitrogen and oxygen atoms in total. The summed E-state index contributed by atoms with van der Waals surface area (Å²) in [4.78, 5) is 35.2. The van der Waals surface area contributed by atoms with Crippen LogP contribution in [0, 0.1) is 0 Å². The number of pyridine rings is 1. The number of hydrogen-bond acceptors (Lipinski definition) is 4. The van der Waals surface area contributed by atoms with Gasteiger partial charge in [0, 0.05) is 45.5 Å². The van der Waals surface area contributed by atoms with E-state index in [4.69, 9.17) is 0 Å². The predicted molar refractivity (Wildman–Crippen MR) is 94.3 cm³/mol. The third-order valence-corrected chi connectivity index (χ3v) is 5.37. The number of rotatable bonds is 2. The number of nitrogens with zero attached hydrogens (tertiary/aromatic N) is 4. The molecule has 2 fully saturated rings. The minimum absolute atomic E-state index is 0.0116. The Bertz CT molecular complexity index is 596. The van der Waals surface area contributed by atoms with Crippen LogP contribution in [-0.4, -0.2) is 77.1 Å². The van der Waals surface area contributed by atoms with Gasteiger partial charge in [-0.1, -0.05) is 0 Å². The monoisotopic (exact) mass is 348 g/mol. The lowest BCUT2D eigenvalue weighted by atomic mass is 10.1. The molecule has 2 saturated heterocycles. The zero-order valence-corrected chi connectivity index (χ0v) is 14.9. The van der Waals surface area contributed by atoms with E-state index in [9.17, 15) is 9.59 Å². The normalized spacial score (nSPS) is 18.6. The minimum Gasteiger partial charge on any atom is -0.335 e. The van der Waals surface area contributed by atoms with Crippen LogP contribution in [0.2, 0.25) is 0 Å². The number of piperazine rings is 1. The van der Waals surface area contributed by atoms with Gasteiger partial charge in [-0.15, -0.1) is 11.8 Å². The SMILES string of the molecule is CSc1ncccc1C(=O)N1CCN(C(=O)N2CCCCC2)CC1. The van der Waals surface area contributed by atoms with E-state index in [1.165, 1.54) is 18.2 Å². The van der Waals surface area contributed by atoms with E-state index in [-0.39, 0.29) is 11.9 Å². The second-order valence-electron chi connectivity index (χ2n) is 6.17. The quantitative estimate of drug-likeness (QED) is 0.769. The van der Waals surface area contributed by atoms with Crippen LogP contribution >= 0.6 is 11.8 Å². The molecule has 0 aliphatic carbocycles. The van der Waals surface area contributed by atoms with Crippen molar-refractivity contribution in [2.45, 2.75) is 24.3 Å². The number of aromatic nitrogens is 1. The largest absolute Gasteiger partial charge is 0.335 e. The highest BCUT2D eigenvalue weighted by Gasteiger charge is 2.29. The summed E-state index contributed by atoms with van der Waals surface area (Å²) >= 11 is 1.48. The summed E-state index contributed by atoms with van der Waals surface area (Å²) in [5.41, 5.74) is 0.654. The Hall–Kier alpha value is -1.76. The zero-order chi connectivity index (χ0) is 16.9. The molecule has 0 radical (unpaired) electrons. The van der Waals surface area contributed by atoms with Crippen LogP contribution in [-0.2, 0) is 0 Å². The molecule has 3 amide bonds. The van der Waals surface area contributed by atoms with Crippen molar-refractivity contribution in [3.05, 3.63) is 23.9 Å². The van der Waals surface area contributed by atoms with Gasteiger partial charge < -0.3 is 14.7 Å². The molecule has 3 rings (SSSR count). The number of thioether (sulfide) groups is 1. The fourth-order valence-electron chi connectivity index (χ4n) is 3.27. The van der Waals surface area contributed by atoms with E-state index < -0.39 is 0 Å². The maximum Gasteiger partial charge on any atom is 0.320 e. The van der Waals surface area contributed by atoms with Gasteiger partial charge in [0.2, 0.25) is 0 Å².